The van der Waals surface area contributed by atoms with Gasteiger partial charge in [-0.15, -0.1) is 0 Å². The second-order valence-corrected chi connectivity index (χ2v) is 6.04. The Hall–Kier alpha value is -2.60. The van der Waals surface area contributed by atoms with Gasteiger partial charge in [-0.1, -0.05) is 29.8 Å². The number of fused-ring (bicyclic) bond motifs is 1. The van der Waals surface area contributed by atoms with Gasteiger partial charge in [-0.05, 0) is 37.1 Å². The highest BCUT2D eigenvalue weighted by Crippen LogP contribution is 2.33. The number of hydrogen-bond acceptors (Lipinski definition) is 4. The van der Waals surface area contributed by atoms with Crippen molar-refractivity contribution in [1.82, 2.24) is 0 Å². The number of ether oxygens (including phenoxy) is 1. The molecule has 1 amide bonds. The number of amides is 1. The molecule has 3 rings (SSSR count). The molecule has 0 aliphatic carbocycles. The van der Waals surface area contributed by atoms with Crippen LogP contribution >= 0.6 is 11.6 Å². The molecule has 0 bridgehead atoms. The number of nitro benzene ring substituents is 1. The maximum Gasteiger partial charge on any atom is 0.312 e. The monoisotopic (exact) mass is 346 g/mol. The average Bonchev–Trinajstić information content (AvgIpc) is 2.89. The SMILES string of the molecule is C[C@@H]1Cc2ccccc2N1C(=O)COc1ccc(Cl)cc1[N+](=O)[O-]. The predicted octanol–water partition coefficient (Wildman–Crippen LogP) is 3.60. The molecule has 2 aromatic rings. The number of rotatable bonds is 4. The molecule has 1 atom stereocenters. The summed E-state index contributed by atoms with van der Waals surface area (Å²) in [6, 6.07) is 11.8. The van der Waals surface area contributed by atoms with E-state index in [1.165, 1.54) is 18.2 Å². The third kappa shape index (κ3) is 3.05. The van der Waals surface area contributed by atoms with Gasteiger partial charge in [0.2, 0.25) is 0 Å². The topological polar surface area (TPSA) is 72.7 Å². The normalized spacial score (nSPS) is 15.9. The Labute approximate surface area is 143 Å². The van der Waals surface area contributed by atoms with E-state index >= 15 is 0 Å². The Morgan fingerprint density at radius 1 is 1.38 bits per heavy atom. The third-order valence-corrected chi connectivity index (χ3v) is 4.18. The number of benzene rings is 2. The van der Waals surface area contributed by atoms with Gasteiger partial charge in [0, 0.05) is 22.8 Å². The molecule has 0 saturated carbocycles. The number of nitrogens with zero attached hydrogens (tertiary/aromatic N) is 2. The van der Waals surface area contributed by atoms with Gasteiger partial charge in [-0.2, -0.15) is 0 Å². The first kappa shape index (κ1) is 16.3. The fraction of sp³-hybridized carbons (Fsp3) is 0.235. The van der Waals surface area contributed by atoms with Crippen molar-refractivity contribution < 1.29 is 14.5 Å². The van der Waals surface area contributed by atoms with Crippen molar-refractivity contribution in [2.75, 3.05) is 11.5 Å². The lowest BCUT2D eigenvalue weighted by Crippen LogP contribution is -2.39. The maximum atomic E-state index is 12.5. The first-order chi connectivity index (χ1) is 11.5. The van der Waals surface area contributed by atoms with Crippen molar-refractivity contribution >= 4 is 28.9 Å². The van der Waals surface area contributed by atoms with Crippen LogP contribution in [0.1, 0.15) is 12.5 Å². The number of para-hydroxylation sites is 1. The summed E-state index contributed by atoms with van der Waals surface area (Å²) in [6.45, 7) is 1.68. The van der Waals surface area contributed by atoms with Crippen LogP contribution in [0.4, 0.5) is 11.4 Å². The Morgan fingerprint density at radius 3 is 2.88 bits per heavy atom. The van der Waals surface area contributed by atoms with Crippen LogP contribution in [0.15, 0.2) is 42.5 Å². The lowest BCUT2D eigenvalue weighted by Gasteiger charge is -2.22. The summed E-state index contributed by atoms with van der Waals surface area (Å²) in [4.78, 5) is 24.7. The molecular formula is C17H15ClN2O4. The molecule has 124 valence electrons. The van der Waals surface area contributed by atoms with Gasteiger partial charge in [0.1, 0.15) is 0 Å². The molecule has 0 radical (unpaired) electrons. The lowest BCUT2D eigenvalue weighted by atomic mass is 10.1. The predicted molar refractivity (Wildman–Crippen MR) is 90.7 cm³/mol. The van der Waals surface area contributed by atoms with Gasteiger partial charge in [0.15, 0.2) is 12.4 Å². The van der Waals surface area contributed by atoms with Crippen molar-refractivity contribution in [3.05, 3.63) is 63.2 Å². The molecule has 0 fully saturated rings. The van der Waals surface area contributed by atoms with E-state index in [0.717, 1.165) is 17.7 Å². The summed E-state index contributed by atoms with van der Waals surface area (Å²) < 4.78 is 5.40. The standard InChI is InChI=1S/C17H15ClN2O4/c1-11-8-12-4-2-3-5-14(12)19(11)17(21)10-24-16-7-6-13(18)9-15(16)20(22)23/h2-7,9,11H,8,10H2,1H3/t11-/m1/s1. The van der Waals surface area contributed by atoms with E-state index in [1.54, 1.807) is 4.90 Å². The van der Waals surface area contributed by atoms with Crippen LogP contribution in [0.25, 0.3) is 0 Å². The molecular weight excluding hydrogens is 332 g/mol. The highest BCUT2D eigenvalue weighted by atomic mass is 35.5. The quantitative estimate of drug-likeness (QED) is 0.626. The summed E-state index contributed by atoms with van der Waals surface area (Å²) >= 11 is 5.77. The van der Waals surface area contributed by atoms with Gasteiger partial charge in [-0.3, -0.25) is 14.9 Å². The summed E-state index contributed by atoms with van der Waals surface area (Å²) in [5.74, 6) is -0.213. The number of halogens is 1. The Morgan fingerprint density at radius 2 is 2.12 bits per heavy atom. The molecule has 6 nitrogen and oxygen atoms in total. The zero-order valence-corrected chi connectivity index (χ0v) is 13.7. The van der Waals surface area contributed by atoms with Crippen molar-refractivity contribution in [1.29, 1.82) is 0 Å². The number of anilines is 1. The summed E-state index contributed by atoms with van der Waals surface area (Å²) in [6.07, 6.45) is 0.781. The van der Waals surface area contributed by atoms with E-state index in [2.05, 4.69) is 0 Å². The zero-order valence-electron chi connectivity index (χ0n) is 12.9. The minimum atomic E-state index is -0.584. The van der Waals surface area contributed by atoms with Gasteiger partial charge in [0.25, 0.3) is 5.91 Å². The molecule has 0 aromatic heterocycles. The maximum absolute atomic E-state index is 12.5. The van der Waals surface area contributed by atoms with Gasteiger partial charge in [-0.25, -0.2) is 0 Å². The first-order valence-corrected chi connectivity index (χ1v) is 7.82. The smallest absolute Gasteiger partial charge is 0.312 e. The van der Waals surface area contributed by atoms with E-state index < -0.39 is 4.92 Å². The Kier molecular flexibility index (Phi) is 4.40. The second-order valence-electron chi connectivity index (χ2n) is 5.60. The van der Waals surface area contributed by atoms with Crippen LogP contribution in [0.5, 0.6) is 5.75 Å². The molecule has 1 aliphatic heterocycles. The fourth-order valence-electron chi connectivity index (χ4n) is 2.91. The largest absolute Gasteiger partial charge is 0.477 e. The summed E-state index contributed by atoms with van der Waals surface area (Å²) in [5.41, 5.74) is 1.71. The molecule has 7 heteroatoms. The minimum absolute atomic E-state index is 0.0258. The van der Waals surface area contributed by atoms with E-state index in [-0.39, 0.29) is 35.0 Å². The van der Waals surface area contributed by atoms with Crippen molar-refractivity contribution in [2.45, 2.75) is 19.4 Å². The molecule has 0 spiro atoms. The molecule has 0 saturated heterocycles. The van der Waals surface area contributed by atoms with Gasteiger partial charge >= 0.3 is 5.69 Å². The summed E-state index contributed by atoms with van der Waals surface area (Å²) in [7, 11) is 0. The molecule has 24 heavy (non-hydrogen) atoms. The van der Waals surface area contributed by atoms with E-state index in [1.807, 2.05) is 31.2 Å². The van der Waals surface area contributed by atoms with E-state index in [9.17, 15) is 14.9 Å². The van der Waals surface area contributed by atoms with Crippen molar-refractivity contribution in [3.63, 3.8) is 0 Å². The number of carbonyl (C=O) groups is 1. The van der Waals surface area contributed by atoms with Gasteiger partial charge < -0.3 is 9.64 Å². The second kappa shape index (κ2) is 6.49. The van der Waals surface area contributed by atoms with Crippen LogP contribution in [0.3, 0.4) is 0 Å². The fourth-order valence-corrected chi connectivity index (χ4v) is 3.08. The van der Waals surface area contributed by atoms with Crippen molar-refractivity contribution in [2.24, 2.45) is 0 Å². The average molecular weight is 347 g/mol. The highest BCUT2D eigenvalue weighted by molar-refractivity contribution is 6.30. The van der Waals surface area contributed by atoms with Gasteiger partial charge in [0.05, 0.1) is 4.92 Å². The highest BCUT2D eigenvalue weighted by Gasteiger charge is 2.31. The van der Waals surface area contributed by atoms with Crippen LogP contribution in [-0.4, -0.2) is 23.5 Å². The van der Waals surface area contributed by atoms with Crippen LogP contribution in [0, 0.1) is 10.1 Å². The molecule has 1 heterocycles. The molecule has 0 N–H and O–H groups in total. The minimum Gasteiger partial charge on any atom is -0.477 e. The van der Waals surface area contributed by atoms with Crippen molar-refractivity contribution in [3.8, 4) is 5.75 Å². The zero-order chi connectivity index (χ0) is 17.3. The van der Waals surface area contributed by atoms with E-state index in [4.69, 9.17) is 16.3 Å². The Balaban J connectivity index is 1.76. The van der Waals surface area contributed by atoms with Crippen LogP contribution in [-0.2, 0) is 11.2 Å². The third-order valence-electron chi connectivity index (χ3n) is 3.94. The first-order valence-electron chi connectivity index (χ1n) is 7.44. The number of nitro groups is 1. The van der Waals surface area contributed by atoms with Crippen LogP contribution < -0.4 is 9.64 Å². The van der Waals surface area contributed by atoms with E-state index in [0.29, 0.717) is 0 Å². The number of hydrogen-bond donors (Lipinski definition) is 0. The van der Waals surface area contributed by atoms with Crippen LogP contribution in [0.2, 0.25) is 5.02 Å². The molecule has 0 unspecified atom stereocenters. The summed E-state index contributed by atoms with van der Waals surface area (Å²) in [5, 5.41) is 11.3. The Bertz CT molecular complexity index is 809. The number of carbonyl (C=O) groups excluding carboxylic acids is 1. The lowest BCUT2D eigenvalue weighted by molar-refractivity contribution is -0.385. The molecule has 1 aliphatic rings. The molecule has 2 aromatic carbocycles.